The van der Waals surface area contributed by atoms with Gasteiger partial charge in [-0.1, -0.05) is 12.1 Å². The molecule has 27 heavy (non-hydrogen) atoms. The van der Waals surface area contributed by atoms with Crippen LogP contribution >= 0.6 is 0 Å². The largest absolute Gasteiger partial charge is 0.385 e. The Morgan fingerprint density at radius 2 is 1.96 bits per heavy atom. The average Bonchev–Trinajstić information content (AvgIpc) is 2.69. The summed E-state index contributed by atoms with van der Waals surface area (Å²) in [4.78, 5) is 18.2. The number of nitrogens with one attached hydrogen (secondary N) is 1. The van der Waals surface area contributed by atoms with Gasteiger partial charge in [0.1, 0.15) is 0 Å². The number of carbonyl (C=O) groups excluding carboxylic acids is 1. The molecule has 0 bridgehead atoms. The predicted molar refractivity (Wildman–Crippen MR) is 107 cm³/mol. The van der Waals surface area contributed by atoms with E-state index in [1.165, 1.54) is 0 Å². The number of methoxy groups -OCH3 is 1. The normalized spacial score (nSPS) is 15.8. The number of hydrogen-bond donors (Lipinski definition) is 2. The van der Waals surface area contributed by atoms with Gasteiger partial charge in [-0.05, 0) is 43.9 Å². The van der Waals surface area contributed by atoms with Crippen LogP contribution in [-0.2, 0) is 16.0 Å². The number of amides is 1. The molecule has 0 aliphatic carbocycles. The predicted octanol–water partition coefficient (Wildman–Crippen LogP) is 1.77. The number of primary amides is 1. The highest BCUT2D eigenvalue weighted by Crippen LogP contribution is 2.15. The summed E-state index contributed by atoms with van der Waals surface area (Å²) in [5.74, 6) is 0.514. The quantitative estimate of drug-likeness (QED) is 0.389. The molecular weight excluding hydrogens is 344 g/mol. The lowest BCUT2D eigenvalue weighted by Crippen LogP contribution is -2.47. The Labute approximate surface area is 161 Å². The summed E-state index contributed by atoms with van der Waals surface area (Å²) in [5, 5.41) is 3.37. The SMILES string of the molecule is CCNC(=NCc1ccc(C(N)=O)cc1)N1CCC(OCCCOC)CC1. The zero-order valence-electron chi connectivity index (χ0n) is 16.4. The smallest absolute Gasteiger partial charge is 0.248 e. The van der Waals surface area contributed by atoms with Gasteiger partial charge in [-0.2, -0.15) is 0 Å². The van der Waals surface area contributed by atoms with Crippen molar-refractivity contribution in [2.24, 2.45) is 10.7 Å². The number of guanidine groups is 1. The van der Waals surface area contributed by atoms with Crippen LogP contribution in [0, 0.1) is 0 Å². The third kappa shape index (κ3) is 7.19. The van der Waals surface area contributed by atoms with Gasteiger partial charge in [-0.3, -0.25) is 4.79 Å². The fourth-order valence-corrected chi connectivity index (χ4v) is 3.05. The van der Waals surface area contributed by atoms with E-state index in [9.17, 15) is 4.79 Å². The molecule has 0 saturated carbocycles. The van der Waals surface area contributed by atoms with E-state index in [0.29, 0.717) is 18.2 Å². The number of piperidine rings is 1. The number of nitrogens with zero attached hydrogens (tertiary/aromatic N) is 2. The minimum absolute atomic E-state index is 0.322. The van der Waals surface area contributed by atoms with Gasteiger partial charge in [-0.15, -0.1) is 0 Å². The Balaban J connectivity index is 1.85. The highest BCUT2D eigenvalue weighted by atomic mass is 16.5. The molecule has 150 valence electrons. The van der Waals surface area contributed by atoms with E-state index in [0.717, 1.165) is 63.6 Å². The molecule has 0 atom stereocenters. The minimum atomic E-state index is -0.411. The van der Waals surface area contributed by atoms with E-state index in [1.807, 2.05) is 12.1 Å². The van der Waals surface area contributed by atoms with Crippen LogP contribution in [0.25, 0.3) is 0 Å². The maximum absolute atomic E-state index is 11.2. The standard InChI is InChI=1S/C20H32N4O3/c1-3-22-20(23-15-16-5-7-17(8-6-16)19(21)25)24-11-9-18(10-12-24)27-14-4-13-26-2/h5-8,18H,3-4,9-15H2,1-2H3,(H2,21,25)(H,22,23). The molecule has 7 heteroatoms. The van der Waals surface area contributed by atoms with Crippen LogP contribution in [0.2, 0.25) is 0 Å². The number of benzene rings is 1. The average molecular weight is 377 g/mol. The Morgan fingerprint density at radius 3 is 2.56 bits per heavy atom. The molecule has 0 aromatic heterocycles. The summed E-state index contributed by atoms with van der Waals surface area (Å²) in [7, 11) is 1.71. The molecule has 1 fully saturated rings. The molecule has 0 spiro atoms. The lowest BCUT2D eigenvalue weighted by molar-refractivity contribution is 0.00990. The van der Waals surface area contributed by atoms with Crippen LogP contribution in [0.1, 0.15) is 42.1 Å². The molecule has 1 amide bonds. The van der Waals surface area contributed by atoms with Gasteiger partial charge in [0.15, 0.2) is 5.96 Å². The summed E-state index contributed by atoms with van der Waals surface area (Å²) >= 11 is 0. The number of ether oxygens (including phenoxy) is 2. The fourth-order valence-electron chi connectivity index (χ4n) is 3.05. The van der Waals surface area contributed by atoms with Gasteiger partial charge in [-0.25, -0.2) is 4.99 Å². The van der Waals surface area contributed by atoms with Crippen LogP contribution in [0.4, 0.5) is 0 Å². The zero-order chi connectivity index (χ0) is 19.5. The first-order valence-electron chi connectivity index (χ1n) is 9.66. The third-order valence-corrected chi connectivity index (χ3v) is 4.57. The summed E-state index contributed by atoms with van der Waals surface area (Å²) in [6.07, 6.45) is 3.27. The second-order valence-corrected chi connectivity index (χ2v) is 6.63. The van der Waals surface area contributed by atoms with E-state index in [1.54, 1.807) is 19.2 Å². The molecule has 0 radical (unpaired) electrons. The Hall–Kier alpha value is -2.12. The second-order valence-electron chi connectivity index (χ2n) is 6.63. The fraction of sp³-hybridized carbons (Fsp3) is 0.600. The van der Waals surface area contributed by atoms with Gasteiger partial charge < -0.3 is 25.4 Å². The van der Waals surface area contributed by atoms with Crippen molar-refractivity contribution in [1.29, 1.82) is 0 Å². The number of carbonyl (C=O) groups is 1. The first-order chi connectivity index (χ1) is 13.1. The minimum Gasteiger partial charge on any atom is -0.385 e. The molecule has 0 unspecified atom stereocenters. The van der Waals surface area contributed by atoms with Crippen molar-refractivity contribution >= 4 is 11.9 Å². The Kier molecular flexibility index (Phi) is 9.07. The summed E-state index contributed by atoms with van der Waals surface area (Å²) in [5.41, 5.74) is 6.84. The first kappa shape index (κ1) is 21.2. The number of aliphatic imine (C=N–C) groups is 1. The van der Waals surface area contributed by atoms with Gasteiger partial charge in [0, 0.05) is 45.5 Å². The number of hydrogen-bond acceptors (Lipinski definition) is 4. The molecule has 1 aromatic carbocycles. The van der Waals surface area contributed by atoms with E-state index >= 15 is 0 Å². The third-order valence-electron chi connectivity index (χ3n) is 4.57. The summed E-state index contributed by atoms with van der Waals surface area (Å²) in [6, 6.07) is 7.28. The molecule has 7 nitrogen and oxygen atoms in total. The molecule has 1 aliphatic rings. The van der Waals surface area contributed by atoms with Crippen molar-refractivity contribution in [2.45, 2.75) is 38.8 Å². The van der Waals surface area contributed by atoms with Crippen molar-refractivity contribution < 1.29 is 14.3 Å². The number of likely N-dealkylation sites (tertiary alicyclic amines) is 1. The second kappa shape index (κ2) is 11.6. The molecule has 3 N–H and O–H groups in total. The van der Waals surface area contributed by atoms with Crippen molar-refractivity contribution in [1.82, 2.24) is 10.2 Å². The topological polar surface area (TPSA) is 89.2 Å². The molecule has 1 saturated heterocycles. The van der Waals surface area contributed by atoms with Crippen molar-refractivity contribution in [2.75, 3.05) is 40.0 Å². The molecule has 1 heterocycles. The summed E-state index contributed by atoms with van der Waals surface area (Å²) in [6.45, 7) is 6.83. The van der Waals surface area contributed by atoms with E-state index < -0.39 is 5.91 Å². The van der Waals surface area contributed by atoms with Crippen molar-refractivity contribution in [3.05, 3.63) is 35.4 Å². The summed E-state index contributed by atoms with van der Waals surface area (Å²) < 4.78 is 11.0. The van der Waals surface area contributed by atoms with Gasteiger partial charge in [0.05, 0.1) is 12.6 Å². The van der Waals surface area contributed by atoms with Gasteiger partial charge in [0.25, 0.3) is 0 Å². The van der Waals surface area contributed by atoms with E-state index in [2.05, 4.69) is 17.1 Å². The highest BCUT2D eigenvalue weighted by Gasteiger charge is 2.21. The molecule has 1 aliphatic heterocycles. The highest BCUT2D eigenvalue weighted by molar-refractivity contribution is 5.92. The number of rotatable bonds is 9. The van der Waals surface area contributed by atoms with Crippen LogP contribution in [0.3, 0.4) is 0 Å². The van der Waals surface area contributed by atoms with E-state index in [-0.39, 0.29) is 0 Å². The maximum atomic E-state index is 11.2. The van der Waals surface area contributed by atoms with Gasteiger partial charge in [0.2, 0.25) is 5.91 Å². The zero-order valence-corrected chi connectivity index (χ0v) is 16.4. The first-order valence-corrected chi connectivity index (χ1v) is 9.66. The van der Waals surface area contributed by atoms with Crippen molar-refractivity contribution in [3.63, 3.8) is 0 Å². The Bertz CT molecular complexity index is 596. The molecule has 2 rings (SSSR count). The van der Waals surface area contributed by atoms with Crippen LogP contribution in [-0.4, -0.2) is 62.8 Å². The maximum Gasteiger partial charge on any atom is 0.248 e. The molecular formula is C20H32N4O3. The van der Waals surface area contributed by atoms with Crippen molar-refractivity contribution in [3.8, 4) is 0 Å². The molecule has 1 aromatic rings. The van der Waals surface area contributed by atoms with Crippen LogP contribution < -0.4 is 11.1 Å². The van der Waals surface area contributed by atoms with E-state index in [4.69, 9.17) is 20.2 Å². The van der Waals surface area contributed by atoms with Crippen LogP contribution in [0.15, 0.2) is 29.3 Å². The number of nitrogens with two attached hydrogens (primary N) is 1. The van der Waals surface area contributed by atoms with Gasteiger partial charge >= 0.3 is 0 Å². The monoisotopic (exact) mass is 376 g/mol. The van der Waals surface area contributed by atoms with Crippen LogP contribution in [0.5, 0.6) is 0 Å². The lowest BCUT2D eigenvalue weighted by atomic mass is 10.1. The lowest BCUT2D eigenvalue weighted by Gasteiger charge is -2.34. The Morgan fingerprint density at radius 1 is 1.26 bits per heavy atom.